The summed E-state index contributed by atoms with van der Waals surface area (Å²) in [5.41, 5.74) is -0.154. The Kier molecular flexibility index (Phi) is 8.58. The third-order valence-electron chi connectivity index (χ3n) is 5.36. The molecule has 0 saturated carbocycles. The zero-order chi connectivity index (χ0) is 22.4. The summed E-state index contributed by atoms with van der Waals surface area (Å²) in [7, 11) is -3.94. The summed E-state index contributed by atoms with van der Waals surface area (Å²) < 4.78 is 37.5. The van der Waals surface area contributed by atoms with E-state index in [9.17, 15) is 18.0 Å². The maximum absolute atomic E-state index is 13.0. The van der Waals surface area contributed by atoms with E-state index in [1.54, 1.807) is 4.90 Å². The van der Waals surface area contributed by atoms with Crippen LogP contribution >= 0.6 is 23.2 Å². The number of halogens is 2. The molecule has 0 radical (unpaired) electrons. The number of nitrogens with zero attached hydrogens (tertiary/aromatic N) is 2. The molecule has 2 fully saturated rings. The van der Waals surface area contributed by atoms with E-state index in [-0.39, 0.29) is 52.7 Å². The molecule has 2 aliphatic heterocycles. The van der Waals surface area contributed by atoms with Crippen molar-refractivity contribution in [1.82, 2.24) is 9.21 Å². The third-order valence-corrected chi connectivity index (χ3v) is 8.04. The molecule has 0 unspecified atom stereocenters. The SMILES string of the molecule is O=C(OCC(=O)N1CCCCCCC1)c1cc(S(=O)(=O)N2CCOCC2)c(Cl)cc1Cl. The maximum Gasteiger partial charge on any atom is 0.340 e. The van der Waals surface area contributed by atoms with Crippen LogP contribution in [0.2, 0.25) is 10.0 Å². The number of likely N-dealkylation sites (tertiary alicyclic amines) is 1. The van der Waals surface area contributed by atoms with Crippen molar-refractivity contribution < 1.29 is 27.5 Å². The highest BCUT2D eigenvalue weighted by Gasteiger charge is 2.30. The number of esters is 1. The Balaban J connectivity index is 1.72. The van der Waals surface area contributed by atoms with Gasteiger partial charge in [-0.1, -0.05) is 42.5 Å². The minimum Gasteiger partial charge on any atom is -0.452 e. The van der Waals surface area contributed by atoms with Gasteiger partial charge in [-0.15, -0.1) is 0 Å². The number of ether oxygens (including phenoxy) is 2. The van der Waals surface area contributed by atoms with Gasteiger partial charge in [0.1, 0.15) is 4.90 Å². The Morgan fingerprint density at radius 3 is 2.19 bits per heavy atom. The van der Waals surface area contributed by atoms with Gasteiger partial charge in [0.2, 0.25) is 10.0 Å². The summed E-state index contributed by atoms with van der Waals surface area (Å²) in [6.45, 7) is 1.77. The van der Waals surface area contributed by atoms with Crippen molar-refractivity contribution in [2.45, 2.75) is 37.0 Å². The van der Waals surface area contributed by atoms with Gasteiger partial charge in [-0.3, -0.25) is 4.79 Å². The normalized spacial score (nSPS) is 18.8. The standard InChI is InChI=1S/C20H26Cl2N2O6S/c21-16-13-17(22)18(31(27,28)24-8-10-29-11-9-24)12-15(16)20(26)30-14-19(25)23-6-4-2-1-3-5-7-23/h12-13H,1-11,14H2. The van der Waals surface area contributed by atoms with Crippen LogP contribution in [0.1, 0.15) is 42.5 Å². The second-order valence-electron chi connectivity index (χ2n) is 7.50. The van der Waals surface area contributed by atoms with E-state index < -0.39 is 22.6 Å². The molecule has 0 atom stereocenters. The van der Waals surface area contributed by atoms with E-state index in [0.29, 0.717) is 13.1 Å². The van der Waals surface area contributed by atoms with Crippen molar-refractivity contribution in [1.29, 1.82) is 0 Å². The van der Waals surface area contributed by atoms with Gasteiger partial charge in [0.15, 0.2) is 6.61 Å². The van der Waals surface area contributed by atoms with Crippen molar-refractivity contribution in [2.24, 2.45) is 0 Å². The Hall–Kier alpha value is -1.39. The molecular weight excluding hydrogens is 467 g/mol. The van der Waals surface area contributed by atoms with Crippen LogP contribution in [0.4, 0.5) is 0 Å². The van der Waals surface area contributed by atoms with Crippen LogP contribution in [0.3, 0.4) is 0 Å². The average molecular weight is 493 g/mol. The number of hydrogen-bond acceptors (Lipinski definition) is 6. The summed E-state index contributed by atoms with van der Waals surface area (Å²) in [4.78, 5) is 26.5. The Morgan fingerprint density at radius 2 is 1.55 bits per heavy atom. The lowest BCUT2D eigenvalue weighted by atomic mass is 10.1. The molecule has 1 aromatic carbocycles. The van der Waals surface area contributed by atoms with Gasteiger partial charge in [-0.05, 0) is 25.0 Å². The summed E-state index contributed by atoms with van der Waals surface area (Å²) >= 11 is 12.3. The second kappa shape index (κ2) is 11.0. The van der Waals surface area contributed by atoms with Crippen LogP contribution in [-0.4, -0.2) is 75.5 Å². The topological polar surface area (TPSA) is 93.2 Å². The van der Waals surface area contributed by atoms with E-state index in [1.165, 1.54) is 16.8 Å². The number of rotatable bonds is 5. The summed E-state index contributed by atoms with van der Waals surface area (Å²) in [6.07, 6.45) is 5.16. The first-order valence-electron chi connectivity index (χ1n) is 10.3. The number of sulfonamides is 1. The quantitative estimate of drug-likeness (QED) is 0.586. The molecule has 172 valence electrons. The van der Waals surface area contributed by atoms with Crippen LogP contribution in [-0.2, 0) is 24.3 Å². The van der Waals surface area contributed by atoms with Crippen molar-refractivity contribution in [3.8, 4) is 0 Å². The number of hydrogen-bond donors (Lipinski definition) is 0. The molecule has 31 heavy (non-hydrogen) atoms. The number of benzene rings is 1. The zero-order valence-corrected chi connectivity index (χ0v) is 19.5. The highest BCUT2D eigenvalue weighted by atomic mass is 35.5. The Labute approximate surface area is 192 Å². The lowest BCUT2D eigenvalue weighted by molar-refractivity contribution is -0.134. The molecule has 0 aromatic heterocycles. The summed E-state index contributed by atoms with van der Waals surface area (Å²) in [5.74, 6) is -1.15. The molecule has 2 saturated heterocycles. The van der Waals surface area contributed by atoms with Gasteiger partial charge in [0.25, 0.3) is 5.91 Å². The minimum atomic E-state index is -3.94. The molecule has 8 nitrogen and oxygen atoms in total. The molecular formula is C20H26Cl2N2O6S. The second-order valence-corrected chi connectivity index (χ2v) is 10.2. The van der Waals surface area contributed by atoms with Gasteiger partial charge >= 0.3 is 5.97 Å². The molecule has 1 aromatic rings. The van der Waals surface area contributed by atoms with Crippen LogP contribution in [0, 0.1) is 0 Å². The first-order valence-corrected chi connectivity index (χ1v) is 12.5. The van der Waals surface area contributed by atoms with Gasteiger partial charge in [-0.2, -0.15) is 4.31 Å². The summed E-state index contributed by atoms with van der Waals surface area (Å²) in [5, 5.41) is -0.139. The lowest BCUT2D eigenvalue weighted by Crippen LogP contribution is -2.40. The fourth-order valence-corrected chi connectivity index (χ4v) is 5.84. The monoisotopic (exact) mass is 492 g/mol. The average Bonchev–Trinajstić information content (AvgIpc) is 2.72. The highest BCUT2D eigenvalue weighted by Crippen LogP contribution is 2.31. The van der Waals surface area contributed by atoms with Gasteiger partial charge in [0.05, 0.1) is 28.8 Å². The van der Waals surface area contributed by atoms with E-state index in [1.807, 2.05) is 0 Å². The zero-order valence-electron chi connectivity index (χ0n) is 17.1. The van der Waals surface area contributed by atoms with Crippen LogP contribution in [0.15, 0.2) is 17.0 Å². The van der Waals surface area contributed by atoms with E-state index in [4.69, 9.17) is 32.7 Å². The van der Waals surface area contributed by atoms with Crippen molar-refractivity contribution >= 4 is 45.1 Å². The lowest BCUT2D eigenvalue weighted by Gasteiger charge is -2.26. The third kappa shape index (κ3) is 6.10. The van der Waals surface area contributed by atoms with Crippen molar-refractivity contribution in [2.75, 3.05) is 46.0 Å². The number of carbonyl (C=O) groups is 2. The number of morpholine rings is 1. The molecule has 2 aliphatic rings. The Morgan fingerprint density at radius 1 is 0.935 bits per heavy atom. The maximum atomic E-state index is 13.0. The summed E-state index contributed by atoms with van der Waals surface area (Å²) in [6, 6.07) is 2.31. The van der Waals surface area contributed by atoms with Gasteiger partial charge in [0, 0.05) is 26.2 Å². The number of amides is 1. The first kappa shape index (κ1) is 24.3. The van der Waals surface area contributed by atoms with Crippen LogP contribution in [0.25, 0.3) is 0 Å². The van der Waals surface area contributed by atoms with Crippen molar-refractivity contribution in [3.05, 3.63) is 27.7 Å². The van der Waals surface area contributed by atoms with E-state index in [2.05, 4.69) is 0 Å². The highest BCUT2D eigenvalue weighted by molar-refractivity contribution is 7.89. The van der Waals surface area contributed by atoms with E-state index in [0.717, 1.165) is 31.7 Å². The molecule has 0 bridgehead atoms. The number of carbonyl (C=O) groups excluding carboxylic acids is 2. The first-order chi connectivity index (χ1) is 14.8. The van der Waals surface area contributed by atoms with Crippen molar-refractivity contribution in [3.63, 3.8) is 0 Å². The smallest absolute Gasteiger partial charge is 0.340 e. The Bertz CT molecular complexity index is 910. The molecule has 1 amide bonds. The molecule has 2 heterocycles. The van der Waals surface area contributed by atoms with E-state index >= 15 is 0 Å². The fourth-order valence-electron chi connectivity index (χ4n) is 3.60. The molecule has 0 spiro atoms. The fraction of sp³-hybridized carbons (Fsp3) is 0.600. The molecule has 0 N–H and O–H groups in total. The largest absolute Gasteiger partial charge is 0.452 e. The molecule has 3 rings (SSSR count). The van der Waals surface area contributed by atoms with Crippen LogP contribution in [0.5, 0.6) is 0 Å². The predicted octanol–water partition coefficient (Wildman–Crippen LogP) is 2.96. The minimum absolute atomic E-state index is 0.0466. The van der Waals surface area contributed by atoms with Gasteiger partial charge in [-0.25, -0.2) is 13.2 Å². The molecule has 11 heteroatoms. The van der Waals surface area contributed by atoms with Gasteiger partial charge < -0.3 is 14.4 Å². The predicted molar refractivity (Wildman–Crippen MR) is 116 cm³/mol. The van der Waals surface area contributed by atoms with Crippen LogP contribution < -0.4 is 0 Å². The molecule has 0 aliphatic carbocycles.